The van der Waals surface area contributed by atoms with Gasteiger partial charge in [0.25, 0.3) is 0 Å². The van der Waals surface area contributed by atoms with Gasteiger partial charge in [-0.05, 0) is 0 Å². The minimum absolute atomic E-state index is 0.0575. The summed E-state index contributed by atoms with van der Waals surface area (Å²) >= 11 is 0. The Bertz CT molecular complexity index is 539. The van der Waals surface area contributed by atoms with Crippen LogP contribution in [0.25, 0.3) is 11.4 Å². The lowest BCUT2D eigenvalue weighted by Gasteiger charge is -2.15. The molecule has 0 saturated carbocycles. The maximum atomic E-state index is 12.0. The summed E-state index contributed by atoms with van der Waals surface area (Å²) in [6.45, 7) is 5.67. The summed E-state index contributed by atoms with van der Waals surface area (Å²) in [7, 11) is 0. The van der Waals surface area contributed by atoms with E-state index in [1.165, 1.54) is 0 Å². The average molecular weight is 240 g/mol. The highest BCUT2D eigenvalue weighted by atomic mass is 16.1. The third-order valence-electron chi connectivity index (χ3n) is 2.63. The van der Waals surface area contributed by atoms with Gasteiger partial charge in [-0.3, -0.25) is 4.79 Å². The van der Waals surface area contributed by atoms with Crippen LogP contribution in [0.2, 0.25) is 0 Å². The molecule has 0 bridgehead atoms. The van der Waals surface area contributed by atoms with Crippen molar-refractivity contribution >= 4 is 5.78 Å². The van der Waals surface area contributed by atoms with Crippen molar-refractivity contribution in [2.24, 2.45) is 5.41 Å². The van der Waals surface area contributed by atoms with Crippen LogP contribution < -0.4 is 0 Å². The van der Waals surface area contributed by atoms with Crippen LogP contribution in [-0.4, -0.2) is 15.8 Å². The van der Waals surface area contributed by atoms with Crippen molar-refractivity contribution < 1.29 is 4.79 Å². The summed E-state index contributed by atoms with van der Waals surface area (Å²) in [6.07, 6.45) is 3.20. The zero-order chi connectivity index (χ0) is 13.2. The van der Waals surface area contributed by atoms with E-state index >= 15 is 0 Å². The second-order valence-electron chi connectivity index (χ2n) is 5.24. The number of aromatic nitrogens is 2. The Labute approximate surface area is 107 Å². The van der Waals surface area contributed by atoms with Crippen molar-refractivity contribution in [2.75, 3.05) is 0 Å². The number of nitrogens with zero attached hydrogens (tertiary/aromatic N) is 2. The van der Waals surface area contributed by atoms with Crippen molar-refractivity contribution in [3.05, 3.63) is 48.3 Å². The molecule has 0 fully saturated rings. The van der Waals surface area contributed by atoms with Crippen LogP contribution >= 0.6 is 0 Å². The van der Waals surface area contributed by atoms with Gasteiger partial charge < -0.3 is 0 Å². The molecular weight excluding hydrogens is 224 g/mol. The first-order valence-corrected chi connectivity index (χ1v) is 5.91. The monoisotopic (exact) mass is 240 g/mol. The van der Waals surface area contributed by atoms with E-state index in [2.05, 4.69) is 9.97 Å². The maximum Gasteiger partial charge on any atom is 0.171 e. The number of hydrogen-bond donors (Lipinski definition) is 0. The molecule has 0 unspecified atom stereocenters. The van der Waals surface area contributed by atoms with E-state index in [4.69, 9.17) is 0 Å². The summed E-state index contributed by atoms with van der Waals surface area (Å²) in [4.78, 5) is 20.5. The minimum atomic E-state index is -0.405. The molecule has 0 radical (unpaired) electrons. The molecular formula is C15H16N2O. The molecule has 2 aromatic rings. The first kappa shape index (κ1) is 12.4. The van der Waals surface area contributed by atoms with E-state index in [1.807, 2.05) is 51.1 Å². The zero-order valence-electron chi connectivity index (χ0n) is 10.8. The van der Waals surface area contributed by atoms with Crippen molar-refractivity contribution in [1.29, 1.82) is 0 Å². The first-order valence-electron chi connectivity index (χ1n) is 5.91. The van der Waals surface area contributed by atoms with Crippen LogP contribution in [0.1, 0.15) is 31.1 Å². The molecule has 3 heteroatoms. The number of ketones is 1. The third kappa shape index (κ3) is 2.62. The normalized spacial score (nSPS) is 11.3. The predicted molar refractivity (Wildman–Crippen MR) is 71.3 cm³/mol. The van der Waals surface area contributed by atoms with Crippen LogP contribution in [0.15, 0.2) is 42.7 Å². The smallest absolute Gasteiger partial charge is 0.171 e. The van der Waals surface area contributed by atoms with E-state index in [0.29, 0.717) is 11.4 Å². The molecule has 0 saturated heterocycles. The first-order chi connectivity index (χ1) is 8.48. The Morgan fingerprint density at radius 2 is 1.56 bits per heavy atom. The molecule has 0 spiro atoms. The van der Waals surface area contributed by atoms with Gasteiger partial charge in [-0.15, -0.1) is 0 Å². The Kier molecular flexibility index (Phi) is 3.24. The molecule has 0 amide bonds. The minimum Gasteiger partial charge on any atom is -0.293 e. The van der Waals surface area contributed by atoms with Gasteiger partial charge >= 0.3 is 0 Å². The van der Waals surface area contributed by atoms with Gasteiger partial charge in [0.1, 0.15) is 0 Å². The van der Waals surface area contributed by atoms with Gasteiger partial charge in [0, 0.05) is 23.4 Å². The van der Waals surface area contributed by atoms with Crippen LogP contribution in [-0.2, 0) is 0 Å². The maximum absolute atomic E-state index is 12.0. The van der Waals surface area contributed by atoms with Gasteiger partial charge in [0.2, 0.25) is 0 Å². The second-order valence-corrected chi connectivity index (χ2v) is 5.24. The Balaban J connectivity index is 2.29. The molecule has 18 heavy (non-hydrogen) atoms. The topological polar surface area (TPSA) is 42.9 Å². The molecule has 3 nitrogen and oxygen atoms in total. The zero-order valence-corrected chi connectivity index (χ0v) is 10.8. The molecule has 0 aliphatic heterocycles. The molecule has 2 rings (SSSR count). The van der Waals surface area contributed by atoms with E-state index in [9.17, 15) is 4.79 Å². The Hall–Kier alpha value is -2.03. The molecule has 0 aliphatic rings. The van der Waals surface area contributed by atoms with Gasteiger partial charge in [0.05, 0.1) is 5.56 Å². The highest BCUT2D eigenvalue weighted by Gasteiger charge is 2.23. The van der Waals surface area contributed by atoms with Crippen molar-refractivity contribution in [1.82, 2.24) is 9.97 Å². The molecule has 1 aromatic heterocycles. The molecule has 0 N–H and O–H groups in total. The van der Waals surface area contributed by atoms with Crippen LogP contribution in [0.5, 0.6) is 0 Å². The lowest BCUT2D eigenvalue weighted by Crippen LogP contribution is -2.20. The highest BCUT2D eigenvalue weighted by molar-refractivity contribution is 5.99. The summed E-state index contributed by atoms with van der Waals surface area (Å²) in [6, 6.07) is 9.71. The van der Waals surface area contributed by atoms with E-state index in [-0.39, 0.29) is 5.78 Å². The van der Waals surface area contributed by atoms with Crippen LogP contribution in [0, 0.1) is 5.41 Å². The number of carbonyl (C=O) groups excluding carboxylic acids is 1. The summed E-state index contributed by atoms with van der Waals surface area (Å²) in [5, 5.41) is 0. The number of Topliss-reactive ketones (excluding diaryl/α,β-unsaturated/α-hetero) is 1. The lowest BCUT2D eigenvalue weighted by molar-refractivity contribution is 0.0857. The van der Waals surface area contributed by atoms with Gasteiger partial charge in [0.15, 0.2) is 11.6 Å². The van der Waals surface area contributed by atoms with Gasteiger partial charge in [-0.1, -0.05) is 51.1 Å². The fourth-order valence-corrected chi connectivity index (χ4v) is 1.61. The summed E-state index contributed by atoms with van der Waals surface area (Å²) in [5.41, 5.74) is 1.10. The van der Waals surface area contributed by atoms with E-state index in [1.54, 1.807) is 12.4 Å². The largest absolute Gasteiger partial charge is 0.293 e. The SMILES string of the molecule is CC(C)(C)C(=O)c1cnc(-c2ccccc2)nc1. The standard InChI is InChI=1S/C15H16N2O/c1-15(2,3)13(18)12-9-16-14(17-10-12)11-7-5-4-6-8-11/h4-10H,1-3H3. The molecule has 1 heterocycles. The van der Waals surface area contributed by atoms with E-state index in [0.717, 1.165) is 5.56 Å². The van der Waals surface area contributed by atoms with Gasteiger partial charge in [-0.25, -0.2) is 9.97 Å². The van der Waals surface area contributed by atoms with E-state index < -0.39 is 5.41 Å². The number of rotatable bonds is 2. The quantitative estimate of drug-likeness (QED) is 0.756. The average Bonchev–Trinajstić information content (AvgIpc) is 2.38. The number of hydrogen-bond acceptors (Lipinski definition) is 3. The molecule has 0 atom stereocenters. The lowest BCUT2D eigenvalue weighted by atomic mass is 9.88. The Morgan fingerprint density at radius 3 is 2.06 bits per heavy atom. The number of benzene rings is 1. The molecule has 1 aromatic carbocycles. The fraction of sp³-hybridized carbons (Fsp3) is 0.267. The van der Waals surface area contributed by atoms with Crippen molar-refractivity contribution in [2.45, 2.75) is 20.8 Å². The van der Waals surface area contributed by atoms with Crippen LogP contribution in [0.4, 0.5) is 0 Å². The molecule has 0 aliphatic carbocycles. The third-order valence-corrected chi connectivity index (χ3v) is 2.63. The number of carbonyl (C=O) groups is 1. The van der Waals surface area contributed by atoms with Gasteiger partial charge in [-0.2, -0.15) is 0 Å². The summed E-state index contributed by atoms with van der Waals surface area (Å²) in [5.74, 6) is 0.697. The summed E-state index contributed by atoms with van der Waals surface area (Å²) < 4.78 is 0. The van der Waals surface area contributed by atoms with Crippen molar-refractivity contribution in [3.8, 4) is 11.4 Å². The predicted octanol–water partition coefficient (Wildman–Crippen LogP) is 3.37. The fourth-order valence-electron chi connectivity index (χ4n) is 1.61. The molecule has 92 valence electrons. The van der Waals surface area contributed by atoms with Crippen LogP contribution in [0.3, 0.4) is 0 Å². The second kappa shape index (κ2) is 4.69. The highest BCUT2D eigenvalue weighted by Crippen LogP contribution is 2.21. The van der Waals surface area contributed by atoms with Crippen molar-refractivity contribution in [3.63, 3.8) is 0 Å². The Morgan fingerprint density at radius 1 is 1.00 bits per heavy atom.